The molecule has 0 fully saturated rings. The molecule has 0 atom stereocenters. The average molecular weight is 393 g/mol. The molecule has 0 bridgehead atoms. The summed E-state index contributed by atoms with van der Waals surface area (Å²) in [4.78, 5) is 17.8. The predicted octanol–water partition coefficient (Wildman–Crippen LogP) is 4.48. The van der Waals surface area contributed by atoms with E-state index in [4.69, 9.17) is 9.47 Å². The maximum Gasteiger partial charge on any atom is 0.262 e. The zero-order valence-corrected chi connectivity index (χ0v) is 16.1. The lowest BCUT2D eigenvalue weighted by Gasteiger charge is -2.09. The molecule has 0 aliphatic carbocycles. The molecule has 0 saturated heterocycles. The molecule has 0 unspecified atom stereocenters. The third kappa shape index (κ3) is 4.15. The number of rotatable bonds is 7. The van der Waals surface area contributed by atoms with Crippen molar-refractivity contribution in [3.8, 4) is 22.8 Å². The zero-order chi connectivity index (χ0) is 19.3. The van der Waals surface area contributed by atoms with E-state index in [2.05, 4.69) is 10.3 Å². The van der Waals surface area contributed by atoms with Crippen LogP contribution in [0, 0.1) is 0 Å². The van der Waals surface area contributed by atoms with Gasteiger partial charge in [-0.3, -0.25) is 9.20 Å². The largest absolute Gasteiger partial charge is 0.494 e. The fourth-order valence-corrected chi connectivity index (χ4v) is 3.47. The highest BCUT2D eigenvalue weighted by Crippen LogP contribution is 2.24. The molecule has 28 heavy (non-hydrogen) atoms. The summed E-state index contributed by atoms with van der Waals surface area (Å²) in [5.74, 6) is 1.16. The van der Waals surface area contributed by atoms with E-state index < -0.39 is 0 Å². The van der Waals surface area contributed by atoms with Gasteiger partial charge in [0.15, 0.2) is 11.6 Å². The van der Waals surface area contributed by atoms with Gasteiger partial charge in [0, 0.05) is 29.0 Å². The third-order valence-electron chi connectivity index (χ3n) is 4.04. The number of carbonyl (C=O) groups excluding carboxylic acids is 1. The second-order valence-electron chi connectivity index (χ2n) is 6.04. The molecule has 0 spiro atoms. The summed E-state index contributed by atoms with van der Waals surface area (Å²) < 4.78 is 12.9. The highest BCUT2D eigenvalue weighted by molar-refractivity contribution is 7.15. The van der Waals surface area contributed by atoms with Crippen molar-refractivity contribution in [2.75, 3.05) is 18.5 Å². The standard InChI is InChI=1S/C21H19N3O3S/c1-2-26-17-6-8-18(9-7-17)27-14-20(25)22-16-5-3-4-15(12-16)19-13-24-10-11-28-21(24)23-19/h3-13H,2,14H2,1H3,(H,22,25). The number of aromatic nitrogens is 2. The minimum absolute atomic E-state index is 0.0710. The monoisotopic (exact) mass is 393 g/mol. The van der Waals surface area contributed by atoms with E-state index in [0.29, 0.717) is 18.0 Å². The lowest BCUT2D eigenvalue weighted by molar-refractivity contribution is -0.118. The van der Waals surface area contributed by atoms with Gasteiger partial charge >= 0.3 is 0 Å². The van der Waals surface area contributed by atoms with Crippen LogP contribution in [0.15, 0.2) is 66.3 Å². The Kier molecular flexibility index (Phi) is 5.25. The van der Waals surface area contributed by atoms with E-state index in [1.54, 1.807) is 23.5 Å². The average Bonchev–Trinajstić information content (AvgIpc) is 3.30. The first-order valence-electron chi connectivity index (χ1n) is 8.89. The number of benzene rings is 2. The number of hydrogen-bond donors (Lipinski definition) is 1. The van der Waals surface area contributed by atoms with E-state index in [-0.39, 0.29) is 12.5 Å². The molecule has 0 saturated carbocycles. The first-order chi connectivity index (χ1) is 13.7. The number of hydrogen-bond acceptors (Lipinski definition) is 5. The molecule has 0 aliphatic heterocycles. The van der Waals surface area contributed by atoms with Crippen LogP contribution in [-0.2, 0) is 4.79 Å². The van der Waals surface area contributed by atoms with Crippen molar-refractivity contribution in [2.45, 2.75) is 6.92 Å². The van der Waals surface area contributed by atoms with E-state index in [1.807, 2.05) is 65.5 Å². The topological polar surface area (TPSA) is 64.9 Å². The van der Waals surface area contributed by atoms with Gasteiger partial charge in [-0.15, -0.1) is 11.3 Å². The second kappa shape index (κ2) is 8.14. The van der Waals surface area contributed by atoms with E-state index >= 15 is 0 Å². The molecule has 7 heteroatoms. The number of thiazole rings is 1. The van der Waals surface area contributed by atoms with Gasteiger partial charge in [-0.2, -0.15) is 0 Å². The maximum atomic E-state index is 12.2. The van der Waals surface area contributed by atoms with Crippen molar-refractivity contribution < 1.29 is 14.3 Å². The first kappa shape index (κ1) is 18.1. The molecular formula is C21H19N3O3S. The Hall–Kier alpha value is -3.32. The van der Waals surface area contributed by atoms with Crippen molar-refractivity contribution in [2.24, 2.45) is 0 Å². The molecule has 2 aromatic carbocycles. The van der Waals surface area contributed by atoms with Crippen LogP contribution in [0.3, 0.4) is 0 Å². The van der Waals surface area contributed by atoms with Gasteiger partial charge in [0.05, 0.1) is 12.3 Å². The van der Waals surface area contributed by atoms with Crippen LogP contribution in [0.1, 0.15) is 6.92 Å². The normalized spacial score (nSPS) is 10.8. The summed E-state index contributed by atoms with van der Waals surface area (Å²) in [7, 11) is 0. The smallest absolute Gasteiger partial charge is 0.262 e. The molecule has 2 aromatic heterocycles. The Labute approximate surface area is 166 Å². The fraction of sp³-hybridized carbons (Fsp3) is 0.143. The minimum Gasteiger partial charge on any atom is -0.494 e. The lowest BCUT2D eigenvalue weighted by Crippen LogP contribution is -2.20. The number of imidazole rings is 1. The number of ether oxygens (including phenoxy) is 2. The number of carbonyl (C=O) groups is 1. The molecule has 0 radical (unpaired) electrons. The van der Waals surface area contributed by atoms with E-state index in [1.165, 1.54) is 0 Å². The Morgan fingerprint density at radius 3 is 2.68 bits per heavy atom. The van der Waals surface area contributed by atoms with E-state index in [9.17, 15) is 4.79 Å². The van der Waals surface area contributed by atoms with Crippen molar-refractivity contribution in [1.82, 2.24) is 9.38 Å². The minimum atomic E-state index is -0.225. The quantitative estimate of drug-likeness (QED) is 0.503. The molecule has 1 N–H and O–H groups in total. The van der Waals surface area contributed by atoms with Gasteiger partial charge in [0.2, 0.25) is 0 Å². The highest BCUT2D eigenvalue weighted by Gasteiger charge is 2.08. The van der Waals surface area contributed by atoms with Gasteiger partial charge < -0.3 is 14.8 Å². The predicted molar refractivity (Wildman–Crippen MR) is 110 cm³/mol. The van der Waals surface area contributed by atoms with Crippen LogP contribution in [0.5, 0.6) is 11.5 Å². The van der Waals surface area contributed by atoms with Crippen LogP contribution < -0.4 is 14.8 Å². The van der Waals surface area contributed by atoms with Crippen LogP contribution in [0.2, 0.25) is 0 Å². The lowest BCUT2D eigenvalue weighted by atomic mass is 10.1. The molecule has 2 heterocycles. The number of anilines is 1. The van der Waals surface area contributed by atoms with Crippen molar-refractivity contribution in [3.05, 3.63) is 66.3 Å². The zero-order valence-electron chi connectivity index (χ0n) is 15.3. The van der Waals surface area contributed by atoms with Crippen LogP contribution >= 0.6 is 11.3 Å². The van der Waals surface area contributed by atoms with Gasteiger partial charge in [-0.25, -0.2) is 4.98 Å². The Bertz CT molecular complexity index is 1060. The molecule has 142 valence electrons. The second-order valence-corrected chi connectivity index (χ2v) is 6.91. The molecule has 6 nitrogen and oxygen atoms in total. The highest BCUT2D eigenvalue weighted by atomic mass is 32.1. The van der Waals surface area contributed by atoms with Crippen LogP contribution in [-0.4, -0.2) is 28.5 Å². The van der Waals surface area contributed by atoms with Gasteiger partial charge in [-0.1, -0.05) is 12.1 Å². The van der Waals surface area contributed by atoms with Crippen LogP contribution in [0.25, 0.3) is 16.2 Å². The van der Waals surface area contributed by atoms with Crippen LogP contribution in [0.4, 0.5) is 5.69 Å². The molecule has 0 aliphatic rings. The number of fused-ring (bicyclic) bond motifs is 1. The van der Waals surface area contributed by atoms with Gasteiger partial charge in [0.1, 0.15) is 11.5 Å². The summed E-state index contributed by atoms with van der Waals surface area (Å²) in [6, 6.07) is 14.8. The summed E-state index contributed by atoms with van der Waals surface area (Å²) in [5.41, 5.74) is 2.52. The molecule has 4 aromatic rings. The number of nitrogens with one attached hydrogen (secondary N) is 1. The summed E-state index contributed by atoms with van der Waals surface area (Å²) in [5, 5.41) is 4.85. The number of nitrogens with zero attached hydrogens (tertiary/aromatic N) is 2. The maximum absolute atomic E-state index is 12.2. The van der Waals surface area contributed by atoms with Crippen molar-refractivity contribution >= 4 is 27.9 Å². The Morgan fingerprint density at radius 2 is 1.93 bits per heavy atom. The fourth-order valence-electron chi connectivity index (χ4n) is 2.77. The van der Waals surface area contributed by atoms with Gasteiger partial charge in [-0.05, 0) is 43.3 Å². The Balaban J connectivity index is 1.37. The molecular weight excluding hydrogens is 374 g/mol. The summed E-state index contributed by atoms with van der Waals surface area (Å²) >= 11 is 1.58. The molecule has 1 amide bonds. The third-order valence-corrected chi connectivity index (χ3v) is 4.81. The Morgan fingerprint density at radius 1 is 1.14 bits per heavy atom. The van der Waals surface area contributed by atoms with Gasteiger partial charge in [0.25, 0.3) is 5.91 Å². The van der Waals surface area contributed by atoms with Crippen molar-refractivity contribution in [1.29, 1.82) is 0 Å². The van der Waals surface area contributed by atoms with Crippen molar-refractivity contribution in [3.63, 3.8) is 0 Å². The number of amides is 1. The van der Waals surface area contributed by atoms with E-state index in [0.717, 1.165) is 22.0 Å². The first-order valence-corrected chi connectivity index (χ1v) is 9.77. The summed E-state index contributed by atoms with van der Waals surface area (Å²) in [6.45, 7) is 2.47. The molecule has 4 rings (SSSR count). The summed E-state index contributed by atoms with van der Waals surface area (Å²) in [6.07, 6.45) is 3.95. The SMILES string of the molecule is CCOc1ccc(OCC(=O)Nc2cccc(-c3cn4ccsc4n3)c2)cc1.